The summed E-state index contributed by atoms with van der Waals surface area (Å²) in [6.45, 7) is 0.268. The van der Waals surface area contributed by atoms with Crippen molar-refractivity contribution in [1.82, 2.24) is 0 Å². The zero-order chi connectivity index (χ0) is 12.3. The Kier molecular flexibility index (Phi) is 3.83. The Morgan fingerprint density at radius 3 is 2.53 bits per heavy atom. The van der Waals surface area contributed by atoms with Gasteiger partial charge in [0.25, 0.3) is 0 Å². The number of rotatable bonds is 3. The second-order valence-electron chi connectivity index (χ2n) is 3.59. The second-order valence-corrected chi connectivity index (χ2v) is 4.83. The molecule has 0 aliphatic rings. The highest BCUT2D eigenvalue weighted by Crippen LogP contribution is 2.18. The van der Waals surface area contributed by atoms with E-state index in [1.54, 1.807) is 6.07 Å². The van der Waals surface area contributed by atoms with Crippen LogP contribution in [0, 0.1) is 9.39 Å². The van der Waals surface area contributed by atoms with Crippen LogP contribution >= 0.6 is 22.6 Å². The number of halogens is 2. The van der Waals surface area contributed by atoms with Crippen LogP contribution in [0.1, 0.15) is 5.56 Å². The average Bonchev–Trinajstić information content (AvgIpc) is 2.32. The Morgan fingerprint density at radius 1 is 1.12 bits per heavy atom. The van der Waals surface area contributed by atoms with Crippen molar-refractivity contribution in [2.24, 2.45) is 0 Å². The summed E-state index contributed by atoms with van der Waals surface area (Å²) in [6.07, 6.45) is 0. The largest absolute Gasteiger partial charge is 0.489 e. The van der Waals surface area contributed by atoms with Gasteiger partial charge in [-0.3, -0.25) is 0 Å². The maximum atomic E-state index is 13.0. The van der Waals surface area contributed by atoms with Crippen LogP contribution in [-0.2, 0) is 6.61 Å². The van der Waals surface area contributed by atoms with Gasteiger partial charge in [0.05, 0.1) is 0 Å². The third-order valence-corrected chi connectivity index (χ3v) is 3.03. The van der Waals surface area contributed by atoms with Crippen molar-refractivity contribution in [2.45, 2.75) is 6.61 Å². The van der Waals surface area contributed by atoms with E-state index in [2.05, 4.69) is 22.6 Å². The number of hydrogen-bond acceptors (Lipinski definition) is 2. The van der Waals surface area contributed by atoms with Crippen LogP contribution in [0.2, 0.25) is 0 Å². The molecule has 4 heteroatoms. The normalized spacial score (nSPS) is 10.2. The molecule has 0 fully saturated rings. The first kappa shape index (κ1) is 12.2. The van der Waals surface area contributed by atoms with Gasteiger partial charge in [-0.1, -0.05) is 0 Å². The van der Waals surface area contributed by atoms with E-state index in [1.807, 2.05) is 24.3 Å². The molecule has 0 radical (unpaired) electrons. The fraction of sp³-hybridized carbons (Fsp3) is 0.0769. The van der Waals surface area contributed by atoms with Gasteiger partial charge in [0.15, 0.2) is 0 Å². The van der Waals surface area contributed by atoms with Crippen molar-refractivity contribution in [3.05, 3.63) is 57.4 Å². The molecule has 2 N–H and O–H groups in total. The van der Waals surface area contributed by atoms with Gasteiger partial charge in [-0.25, -0.2) is 4.39 Å². The zero-order valence-corrected chi connectivity index (χ0v) is 11.1. The van der Waals surface area contributed by atoms with Crippen LogP contribution in [0.25, 0.3) is 0 Å². The van der Waals surface area contributed by atoms with Crippen LogP contribution < -0.4 is 10.5 Å². The summed E-state index contributed by atoms with van der Waals surface area (Å²) < 4.78 is 19.7. The fourth-order valence-corrected chi connectivity index (χ4v) is 1.75. The highest BCUT2D eigenvalue weighted by atomic mass is 127. The molecule has 88 valence electrons. The van der Waals surface area contributed by atoms with Crippen molar-refractivity contribution in [2.75, 3.05) is 5.73 Å². The fourth-order valence-electron chi connectivity index (χ4n) is 1.39. The van der Waals surface area contributed by atoms with Gasteiger partial charge < -0.3 is 10.5 Å². The molecule has 2 rings (SSSR count). The van der Waals surface area contributed by atoms with E-state index in [1.165, 1.54) is 12.1 Å². The Bertz CT molecular complexity index is 513. The van der Waals surface area contributed by atoms with Gasteiger partial charge >= 0.3 is 0 Å². The van der Waals surface area contributed by atoms with Gasteiger partial charge in [0.2, 0.25) is 0 Å². The molecule has 0 aliphatic carbocycles. The maximum absolute atomic E-state index is 13.0. The maximum Gasteiger partial charge on any atom is 0.123 e. The second kappa shape index (κ2) is 5.35. The molecule has 0 saturated carbocycles. The van der Waals surface area contributed by atoms with Gasteiger partial charge in [0.1, 0.15) is 18.2 Å². The summed E-state index contributed by atoms with van der Waals surface area (Å²) in [7, 11) is 0. The molecular weight excluding hydrogens is 332 g/mol. The van der Waals surface area contributed by atoms with E-state index >= 15 is 0 Å². The predicted molar refractivity (Wildman–Crippen MR) is 74.3 cm³/mol. The van der Waals surface area contributed by atoms with Crippen LogP contribution in [0.15, 0.2) is 42.5 Å². The molecule has 0 unspecified atom stereocenters. The Hall–Kier alpha value is -1.30. The number of hydrogen-bond donors (Lipinski definition) is 1. The van der Waals surface area contributed by atoms with Crippen molar-refractivity contribution in [3.8, 4) is 5.75 Å². The van der Waals surface area contributed by atoms with E-state index in [-0.39, 0.29) is 12.4 Å². The van der Waals surface area contributed by atoms with E-state index < -0.39 is 0 Å². The van der Waals surface area contributed by atoms with Gasteiger partial charge in [0, 0.05) is 14.8 Å². The minimum atomic E-state index is -0.305. The van der Waals surface area contributed by atoms with Crippen LogP contribution in [0.5, 0.6) is 5.75 Å². The quantitative estimate of drug-likeness (QED) is 0.683. The van der Waals surface area contributed by atoms with E-state index in [0.29, 0.717) is 11.3 Å². The Labute approximate surface area is 113 Å². The highest BCUT2D eigenvalue weighted by molar-refractivity contribution is 14.1. The summed E-state index contributed by atoms with van der Waals surface area (Å²) in [5, 5.41) is 0. The summed E-state index contributed by atoms with van der Waals surface area (Å²) in [4.78, 5) is 0. The number of ether oxygens (including phenoxy) is 1. The number of nitrogens with two attached hydrogens (primary N) is 1. The third-order valence-electron chi connectivity index (χ3n) is 2.31. The smallest absolute Gasteiger partial charge is 0.123 e. The predicted octanol–water partition coefficient (Wildman–Crippen LogP) is 3.59. The molecule has 0 amide bonds. The first-order valence-corrected chi connectivity index (χ1v) is 6.15. The van der Waals surface area contributed by atoms with Gasteiger partial charge in [-0.15, -0.1) is 0 Å². The first-order valence-electron chi connectivity index (χ1n) is 5.07. The lowest BCUT2D eigenvalue weighted by molar-refractivity contribution is 0.306. The SMILES string of the molecule is Nc1ccc(F)cc1COc1ccc(I)cc1. The lowest BCUT2D eigenvalue weighted by Gasteiger charge is -2.08. The minimum Gasteiger partial charge on any atom is -0.489 e. The lowest BCUT2D eigenvalue weighted by Crippen LogP contribution is -2.00. The summed E-state index contributed by atoms with van der Waals surface area (Å²) in [5.74, 6) is 0.439. The van der Waals surface area contributed by atoms with Crippen LogP contribution in [0.4, 0.5) is 10.1 Å². The third kappa shape index (κ3) is 3.33. The van der Waals surface area contributed by atoms with Crippen LogP contribution in [-0.4, -0.2) is 0 Å². The van der Waals surface area contributed by atoms with Crippen molar-refractivity contribution < 1.29 is 9.13 Å². The van der Waals surface area contributed by atoms with E-state index in [9.17, 15) is 4.39 Å². The highest BCUT2D eigenvalue weighted by Gasteiger charge is 2.02. The zero-order valence-electron chi connectivity index (χ0n) is 8.99. The van der Waals surface area contributed by atoms with Crippen molar-refractivity contribution >= 4 is 28.3 Å². The van der Waals surface area contributed by atoms with E-state index in [4.69, 9.17) is 10.5 Å². The summed E-state index contributed by atoms with van der Waals surface area (Å²) >= 11 is 2.22. The minimum absolute atomic E-state index is 0.268. The average molecular weight is 343 g/mol. The van der Waals surface area contributed by atoms with E-state index in [0.717, 1.165) is 9.32 Å². The molecule has 0 saturated heterocycles. The molecule has 0 atom stereocenters. The molecule has 0 aliphatic heterocycles. The lowest BCUT2D eigenvalue weighted by atomic mass is 10.2. The topological polar surface area (TPSA) is 35.2 Å². The molecule has 2 aromatic rings. The molecule has 0 aromatic heterocycles. The number of benzene rings is 2. The summed E-state index contributed by atoms with van der Waals surface area (Å²) in [6, 6.07) is 11.9. The summed E-state index contributed by atoms with van der Waals surface area (Å²) in [5.41, 5.74) is 6.92. The van der Waals surface area contributed by atoms with Gasteiger partial charge in [-0.05, 0) is 65.1 Å². The first-order chi connectivity index (χ1) is 8.15. The number of anilines is 1. The van der Waals surface area contributed by atoms with Crippen molar-refractivity contribution in [3.63, 3.8) is 0 Å². The number of nitrogen functional groups attached to an aromatic ring is 1. The molecule has 0 heterocycles. The monoisotopic (exact) mass is 343 g/mol. The molecular formula is C13H11FINO. The Balaban J connectivity index is 2.07. The van der Waals surface area contributed by atoms with Crippen molar-refractivity contribution in [1.29, 1.82) is 0 Å². The van der Waals surface area contributed by atoms with Gasteiger partial charge in [-0.2, -0.15) is 0 Å². The molecule has 2 aromatic carbocycles. The molecule has 0 spiro atoms. The molecule has 17 heavy (non-hydrogen) atoms. The molecule has 0 bridgehead atoms. The molecule has 2 nitrogen and oxygen atoms in total. The Morgan fingerprint density at radius 2 is 1.82 bits per heavy atom. The van der Waals surface area contributed by atoms with Crippen LogP contribution in [0.3, 0.4) is 0 Å². The standard InChI is InChI=1S/C13H11FINO/c14-10-1-6-13(16)9(7-10)8-17-12-4-2-11(15)3-5-12/h1-7H,8,16H2.